The molecule has 1 atom stereocenters. The molecule has 1 N–H and O–H groups in total. The minimum atomic E-state index is -4.81. The Bertz CT molecular complexity index is 530. The third-order valence-electron chi connectivity index (χ3n) is 3.57. The molecule has 0 radical (unpaired) electrons. The molecule has 1 aliphatic rings. The van der Waals surface area contributed by atoms with E-state index in [2.05, 4.69) is 10.2 Å². The van der Waals surface area contributed by atoms with Crippen LogP contribution in [0.15, 0.2) is 18.2 Å². The van der Waals surface area contributed by atoms with Crippen molar-refractivity contribution in [3.8, 4) is 0 Å². The summed E-state index contributed by atoms with van der Waals surface area (Å²) in [7, 11) is 1.97. The summed E-state index contributed by atoms with van der Waals surface area (Å²) in [6, 6.07) is 2.27. The fourth-order valence-corrected chi connectivity index (χ4v) is 2.42. The van der Waals surface area contributed by atoms with Crippen LogP contribution in [0.4, 0.5) is 17.6 Å². The lowest BCUT2D eigenvalue weighted by atomic mass is 10.1. The first-order chi connectivity index (χ1) is 9.77. The molecule has 1 aliphatic heterocycles. The van der Waals surface area contributed by atoms with Crippen LogP contribution in [-0.4, -0.2) is 37.5 Å². The Morgan fingerprint density at radius 1 is 1.43 bits per heavy atom. The van der Waals surface area contributed by atoms with Gasteiger partial charge in [-0.25, -0.2) is 4.39 Å². The van der Waals surface area contributed by atoms with Crippen molar-refractivity contribution in [2.75, 3.05) is 26.7 Å². The Balaban J connectivity index is 2.02. The van der Waals surface area contributed by atoms with Gasteiger partial charge in [0.25, 0.3) is 5.91 Å². The summed E-state index contributed by atoms with van der Waals surface area (Å²) < 4.78 is 50.9. The average molecular weight is 304 g/mol. The second-order valence-electron chi connectivity index (χ2n) is 5.32. The van der Waals surface area contributed by atoms with Gasteiger partial charge < -0.3 is 10.2 Å². The number of amides is 1. The van der Waals surface area contributed by atoms with E-state index in [0.29, 0.717) is 24.6 Å². The molecule has 1 heterocycles. The van der Waals surface area contributed by atoms with Gasteiger partial charge in [-0.05, 0) is 44.1 Å². The summed E-state index contributed by atoms with van der Waals surface area (Å²) in [5.41, 5.74) is -1.61. The number of hydrogen-bond donors (Lipinski definition) is 1. The Morgan fingerprint density at radius 3 is 2.71 bits per heavy atom. The highest BCUT2D eigenvalue weighted by Crippen LogP contribution is 2.31. The zero-order chi connectivity index (χ0) is 15.6. The average Bonchev–Trinajstić information content (AvgIpc) is 2.81. The van der Waals surface area contributed by atoms with E-state index in [9.17, 15) is 22.4 Å². The summed E-state index contributed by atoms with van der Waals surface area (Å²) in [4.78, 5) is 14.0. The third kappa shape index (κ3) is 3.93. The van der Waals surface area contributed by atoms with E-state index in [-0.39, 0.29) is 5.56 Å². The van der Waals surface area contributed by atoms with Gasteiger partial charge in [0.2, 0.25) is 0 Å². The highest BCUT2D eigenvalue weighted by molar-refractivity contribution is 5.94. The van der Waals surface area contributed by atoms with Crippen molar-refractivity contribution in [2.45, 2.75) is 12.6 Å². The summed E-state index contributed by atoms with van der Waals surface area (Å²) in [6.07, 6.45) is -3.87. The van der Waals surface area contributed by atoms with Crippen LogP contribution in [-0.2, 0) is 6.18 Å². The van der Waals surface area contributed by atoms with Crippen molar-refractivity contribution >= 4 is 5.91 Å². The number of likely N-dealkylation sites (tertiary alicyclic amines) is 1. The molecule has 7 heteroatoms. The maximum atomic E-state index is 13.1. The summed E-state index contributed by atoms with van der Waals surface area (Å²) in [6.45, 7) is 2.19. The van der Waals surface area contributed by atoms with Crippen molar-refractivity contribution in [1.82, 2.24) is 10.2 Å². The molecular formula is C14H16F4N2O. The lowest BCUT2D eigenvalue weighted by Crippen LogP contribution is -2.30. The molecule has 1 unspecified atom stereocenters. The molecule has 116 valence electrons. The van der Waals surface area contributed by atoms with Crippen LogP contribution in [0.3, 0.4) is 0 Å². The Kier molecular flexibility index (Phi) is 4.51. The second-order valence-corrected chi connectivity index (χ2v) is 5.32. The number of benzene rings is 1. The number of nitrogens with zero attached hydrogens (tertiary/aromatic N) is 1. The van der Waals surface area contributed by atoms with Crippen molar-refractivity contribution in [3.05, 3.63) is 35.1 Å². The van der Waals surface area contributed by atoms with E-state index in [4.69, 9.17) is 0 Å². The smallest absolute Gasteiger partial charge is 0.352 e. The molecule has 1 aromatic carbocycles. The van der Waals surface area contributed by atoms with E-state index in [0.717, 1.165) is 25.6 Å². The number of hydrogen-bond acceptors (Lipinski definition) is 2. The van der Waals surface area contributed by atoms with Crippen LogP contribution in [0.1, 0.15) is 22.3 Å². The van der Waals surface area contributed by atoms with Crippen molar-refractivity contribution in [2.24, 2.45) is 5.92 Å². The molecule has 1 amide bonds. The molecule has 1 fully saturated rings. The van der Waals surface area contributed by atoms with Gasteiger partial charge in [-0.15, -0.1) is 0 Å². The Hall–Kier alpha value is -1.63. The standard InChI is InChI=1S/C14H16F4N2O/c1-20-5-4-9(8-20)7-19-13(21)10-2-3-12(15)11(6-10)14(16,17)18/h2-3,6,9H,4-5,7-8H2,1H3,(H,19,21). The van der Waals surface area contributed by atoms with Crippen LogP contribution < -0.4 is 5.32 Å². The minimum absolute atomic E-state index is 0.185. The second kappa shape index (κ2) is 6.01. The topological polar surface area (TPSA) is 32.3 Å². The summed E-state index contributed by atoms with van der Waals surface area (Å²) >= 11 is 0. The Labute approximate surface area is 119 Å². The number of alkyl halides is 3. The molecule has 0 saturated carbocycles. The number of halogens is 4. The number of carbonyl (C=O) groups excluding carboxylic acids is 1. The van der Waals surface area contributed by atoms with E-state index >= 15 is 0 Å². The lowest BCUT2D eigenvalue weighted by Gasteiger charge is -2.13. The highest BCUT2D eigenvalue weighted by Gasteiger charge is 2.34. The zero-order valence-electron chi connectivity index (χ0n) is 11.5. The van der Waals surface area contributed by atoms with Crippen LogP contribution in [0.2, 0.25) is 0 Å². The molecule has 0 spiro atoms. The predicted octanol–water partition coefficient (Wildman–Crippen LogP) is 2.53. The number of carbonyl (C=O) groups is 1. The van der Waals surface area contributed by atoms with Gasteiger partial charge in [0.05, 0.1) is 5.56 Å². The molecule has 2 rings (SSSR count). The predicted molar refractivity (Wildman–Crippen MR) is 69.3 cm³/mol. The fraction of sp³-hybridized carbons (Fsp3) is 0.500. The van der Waals surface area contributed by atoms with Crippen LogP contribution in [0.5, 0.6) is 0 Å². The minimum Gasteiger partial charge on any atom is -0.352 e. The molecule has 1 aromatic rings. The van der Waals surface area contributed by atoms with Crippen molar-refractivity contribution in [3.63, 3.8) is 0 Å². The first-order valence-electron chi connectivity index (χ1n) is 6.61. The first-order valence-corrected chi connectivity index (χ1v) is 6.61. The first kappa shape index (κ1) is 15.8. The Morgan fingerprint density at radius 2 is 2.14 bits per heavy atom. The zero-order valence-corrected chi connectivity index (χ0v) is 11.5. The van der Waals surface area contributed by atoms with Crippen molar-refractivity contribution in [1.29, 1.82) is 0 Å². The molecule has 0 bridgehead atoms. The third-order valence-corrected chi connectivity index (χ3v) is 3.57. The van der Waals surface area contributed by atoms with Crippen molar-refractivity contribution < 1.29 is 22.4 Å². The quantitative estimate of drug-likeness (QED) is 0.870. The van der Waals surface area contributed by atoms with Gasteiger partial charge in [-0.1, -0.05) is 0 Å². The van der Waals surface area contributed by atoms with Crippen LogP contribution >= 0.6 is 0 Å². The maximum absolute atomic E-state index is 13.1. The highest BCUT2D eigenvalue weighted by atomic mass is 19.4. The number of rotatable bonds is 3. The SMILES string of the molecule is CN1CCC(CNC(=O)c2ccc(F)c(C(F)(F)F)c2)C1. The monoisotopic (exact) mass is 304 g/mol. The number of nitrogens with one attached hydrogen (secondary N) is 1. The van der Waals surface area contributed by atoms with Gasteiger partial charge in [0, 0.05) is 18.7 Å². The van der Waals surface area contributed by atoms with E-state index in [1.54, 1.807) is 0 Å². The van der Waals surface area contributed by atoms with E-state index < -0.39 is 23.5 Å². The summed E-state index contributed by atoms with van der Waals surface area (Å²) in [5.74, 6) is -1.70. The molecule has 0 aliphatic carbocycles. The van der Waals surface area contributed by atoms with Gasteiger partial charge in [0.15, 0.2) is 0 Å². The van der Waals surface area contributed by atoms with Gasteiger partial charge >= 0.3 is 6.18 Å². The lowest BCUT2D eigenvalue weighted by molar-refractivity contribution is -0.140. The molecule has 1 saturated heterocycles. The molecule has 0 aromatic heterocycles. The largest absolute Gasteiger partial charge is 0.419 e. The van der Waals surface area contributed by atoms with Gasteiger partial charge in [-0.2, -0.15) is 13.2 Å². The molecule has 21 heavy (non-hydrogen) atoms. The molecule has 3 nitrogen and oxygen atoms in total. The van der Waals surface area contributed by atoms with E-state index in [1.165, 1.54) is 0 Å². The van der Waals surface area contributed by atoms with Gasteiger partial charge in [0.1, 0.15) is 5.82 Å². The fourth-order valence-electron chi connectivity index (χ4n) is 2.42. The van der Waals surface area contributed by atoms with Crippen LogP contribution in [0, 0.1) is 11.7 Å². The summed E-state index contributed by atoms with van der Waals surface area (Å²) in [5, 5.41) is 2.60. The van der Waals surface area contributed by atoms with Gasteiger partial charge in [-0.3, -0.25) is 4.79 Å². The van der Waals surface area contributed by atoms with Crippen LogP contribution in [0.25, 0.3) is 0 Å². The normalized spacial score (nSPS) is 19.8. The van der Waals surface area contributed by atoms with E-state index in [1.807, 2.05) is 7.05 Å². The molecular weight excluding hydrogens is 288 g/mol. The maximum Gasteiger partial charge on any atom is 0.419 e.